The van der Waals surface area contributed by atoms with Crippen LogP contribution in [0.1, 0.15) is 0 Å². The molecule has 0 aromatic heterocycles. The number of hydrogen-bond donors (Lipinski definition) is 3. The molecule has 194 valence electrons. The SMILES string of the molecule is CS(C)([O][Sb](=[O])([O]S(C)(C)c1ccc(O)cc1)[O]S(C)(C)c1ccc(O)cc1)c1ccc(O)cc1. The topological polar surface area (TPSA) is 105 Å². The van der Waals surface area contributed by atoms with Gasteiger partial charge in [0.05, 0.1) is 0 Å². The number of benzene rings is 3. The molecule has 0 aliphatic rings. The quantitative estimate of drug-likeness (QED) is 0.239. The third-order valence-corrected chi connectivity index (χ3v) is 25.2. The molecular weight excluding hydrogens is 618 g/mol. The van der Waals surface area contributed by atoms with Crippen LogP contribution in [0.25, 0.3) is 0 Å². The van der Waals surface area contributed by atoms with Gasteiger partial charge in [0.1, 0.15) is 0 Å². The van der Waals surface area contributed by atoms with Gasteiger partial charge in [0.2, 0.25) is 0 Å². The van der Waals surface area contributed by atoms with Crippen LogP contribution >= 0.6 is 30.9 Å². The van der Waals surface area contributed by atoms with Gasteiger partial charge in [-0.3, -0.25) is 0 Å². The standard InChI is InChI=1S/3C8H12O2S.O.Sb/c3*1-11(2,10)8-5-3-7(9)4-6-8;;/h3*3-6,9-10H,1-2H3;;/q;;;;+3/p-3. The summed E-state index contributed by atoms with van der Waals surface area (Å²) in [5.74, 6) is 0.384. The van der Waals surface area contributed by atoms with Gasteiger partial charge < -0.3 is 0 Å². The van der Waals surface area contributed by atoms with E-state index in [1.165, 1.54) is 0 Å². The Kier molecular flexibility index (Phi) is 8.48. The Hall–Kier alpha value is -1.39. The molecule has 0 saturated heterocycles. The molecular formula is C24H33O7S3Sb. The van der Waals surface area contributed by atoms with Crippen molar-refractivity contribution in [1.29, 1.82) is 0 Å². The molecule has 3 N–H and O–H groups in total. The summed E-state index contributed by atoms with van der Waals surface area (Å²) in [6.07, 6.45) is 11.2. The maximum absolute atomic E-state index is 14.5. The molecule has 0 bridgehead atoms. The van der Waals surface area contributed by atoms with Gasteiger partial charge >= 0.3 is 219 Å². The van der Waals surface area contributed by atoms with Crippen molar-refractivity contribution in [2.45, 2.75) is 14.7 Å². The monoisotopic (exact) mass is 650 g/mol. The molecule has 3 aromatic carbocycles. The summed E-state index contributed by atoms with van der Waals surface area (Å²) in [7, 11) is -6.29. The zero-order valence-corrected chi connectivity index (χ0v) is 25.6. The Morgan fingerprint density at radius 2 is 0.686 bits per heavy atom. The van der Waals surface area contributed by atoms with Crippen LogP contribution in [0, 0.1) is 0 Å². The van der Waals surface area contributed by atoms with Crippen molar-refractivity contribution >= 4 is 51.0 Å². The van der Waals surface area contributed by atoms with E-state index in [9.17, 15) is 18.3 Å². The molecule has 0 unspecified atom stereocenters. The summed E-state index contributed by atoms with van der Waals surface area (Å²) in [4.78, 5) is 2.35. The first-order valence-electron chi connectivity index (χ1n) is 10.4. The van der Waals surface area contributed by atoms with E-state index in [0.29, 0.717) is 0 Å². The fourth-order valence-electron chi connectivity index (χ4n) is 3.17. The van der Waals surface area contributed by atoms with Crippen molar-refractivity contribution in [1.82, 2.24) is 0 Å². The van der Waals surface area contributed by atoms with E-state index in [1.807, 2.05) is 37.5 Å². The predicted molar refractivity (Wildman–Crippen MR) is 147 cm³/mol. The van der Waals surface area contributed by atoms with Crippen LogP contribution in [0.2, 0.25) is 0 Å². The van der Waals surface area contributed by atoms with Crippen LogP contribution in [0.5, 0.6) is 17.2 Å². The van der Waals surface area contributed by atoms with Crippen LogP contribution in [0.4, 0.5) is 0 Å². The van der Waals surface area contributed by atoms with E-state index in [-0.39, 0.29) is 17.2 Å². The fourth-order valence-corrected chi connectivity index (χ4v) is 23.3. The summed E-state index contributed by atoms with van der Waals surface area (Å²) in [5, 5.41) is 29.1. The molecule has 3 aromatic rings. The van der Waals surface area contributed by atoms with Crippen molar-refractivity contribution < 1.29 is 25.7 Å². The third-order valence-electron chi connectivity index (χ3n) is 5.05. The molecule has 11 heteroatoms. The Morgan fingerprint density at radius 3 is 0.886 bits per heavy atom. The minimum atomic E-state index is -5.40. The molecule has 0 aliphatic heterocycles. The number of hydrogen-bond acceptors (Lipinski definition) is 7. The third kappa shape index (κ3) is 7.32. The minimum absolute atomic E-state index is 0.128. The van der Waals surface area contributed by atoms with Crippen LogP contribution in [0.15, 0.2) is 87.5 Å². The van der Waals surface area contributed by atoms with Crippen LogP contribution in [-0.4, -0.2) is 72.9 Å². The Balaban J connectivity index is 2.01. The molecule has 0 amide bonds. The molecule has 3 rings (SSSR count). The Labute approximate surface area is 217 Å². The van der Waals surface area contributed by atoms with Crippen molar-refractivity contribution in [2.24, 2.45) is 0 Å². The molecule has 0 saturated carbocycles. The molecule has 0 atom stereocenters. The van der Waals surface area contributed by atoms with Crippen molar-refractivity contribution in [3.63, 3.8) is 0 Å². The van der Waals surface area contributed by atoms with Gasteiger partial charge in [0, 0.05) is 0 Å². The van der Waals surface area contributed by atoms with E-state index in [4.69, 9.17) is 7.38 Å². The molecule has 0 spiro atoms. The molecule has 35 heavy (non-hydrogen) atoms. The van der Waals surface area contributed by atoms with Crippen LogP contribution in [-0.2, 0) is 10.4 Å². The fraction of sp³-hybridized carbons (Fsp3) is 0.250. The molecule has 7 nitrogen and oxygen atoms in total. The molecule has 0 radical (unpaired) electrons. The van der Waals surface area contributed by atoms with E-state index in [0.717, 1.165) is 14.7 Å². The first-order valence-corrected chi connectivity index (χ1v) is 21.7. The van der Waals surface area contributed by atoms with Gasteiger partial charge in [0.15, 0.2) is 0 Å². The van der Waals surface area contributed by atoms with E-state index >= 15 is 0 Å². The number of aromatic hydroxyl groups is 3. The summed E-state index contributed by atoms with van der Waals surface area (Å²) in [6.45, 7) is 0. The average Bonchev–Trinajstić information content (AvgIpc) is 2.73. The second-order valence-corrected chi connectivity index (χ2v) is 24.5. The molecule has 0 heterocycles. The molecule has 0 aliphatic carbocycles. The van der Waals surface area contributed by atoms with E-state index < -0.39 is 51.0 Å². The van der Waals surface area contributed by atoms with Crippen molar-refractivity contribution in [3.05, 3.63) is 72.8 Å². The number of phenols is 3. The first kappa shape index (κ1) is 28.2. The van der Waals surface area contributed by atoms with Crippen LogP contribution < -0.4 is 0 Å². The summed E-state index contributed by atoms with van der Waals surface area (Å²) < 4.78 is 33.6. The van der Waals surface area contributed by atoms with Gasteiger partial charge in [0.25, 0.3) is 0 Å². The Morgan fingerprint density at radius 1 is 0.486 bits per heavy atom. The molecule has 0 fully saturated rings. The van der Waals surface area contributed by atoms with Crippen molar-refractivity contribution in [2.75, 3.05) is 37.5 Å². The van der Waals surface area contributed by atoms with Gasteiger partial charge in [-0.05, 0) is 0 Å². The number of phenolic OH excluding ortho intramolecular Hbond substituents is 3. The zero-order valence-electron chi connectivity index (χ0n) is 20.6. The van der Waals surface area contributed by atoms with Crippen molar-refractivity contribution in [3.8, 4) is 17.2 Å². The summed E-state index contributed by atoms with van der Waals surface area (Å²) in [6, 6.07) is 19.8. The zero-order chi connectivity index (χ0) is 26.1. The maximum atomic E-state index is 14.5. The van der Waals surface area contributed by atoms with E-state index in [2.05, 4.69) is 0 Å². The van der Waals surface area contributed by atoms with Crippen LogP contribution in [0.3, 0.4) is 0 Å². The number of rotatable bonds is 9. The second kappa shape index (κ2) is 10.5. The summed E-state index contributed by atoms with van der Waals surface area (Å²) in [5.41, 5.74) is 0. The Bertz CT molecular complexity index is 1040. The summed E-state index contributed by atoms with van der Waals surface area (Å²) >= 11 is -5.40. The van der Waals surface area contributed by atoms with Gasteiger partial charge in [-0.1, -0.05) is 0 Å². The average molecular weight is 651 g/mol. The predicted octanol–water partition coefficient (Wildman–Crippen LogP) is 6.13. The first-order chi connectivity index (χ1) is 16.1. The van der Waals surface area contributed by atoms with E-state index in [1.54, 1.807) is 72.8 Å². The normalized spacial score (nSPS) is 14.5. The van der Waals surface area contributed by atoms with Gasteiger partial charge in [-0.15, -0.1) is 0 Å². The van der Waals surface area contributed by atoms with Gasteiger partial charge in [-0.2, -0.15) is 0 Å². The second-order valence-electron chi connectivity index (χ2n) is 8.85. The van der Waals surface area contributed by atoms with Gasteiger partial charge in [-0.25, -0.2) is 0 Å².